The highest BCUT2D eigenvalue weighted by molar-refractivity contribution is 6.30. The maximum absolute atomic E-state index is 6.12. The van der Waals surface area contributed by atoms with Gasteiger partial charge in [-0.2, -0.15) is 15.0 Å². The first-order chi connectivity index (χ1) is 12.6. The van der Waals surface area contributed by atoms with Gasteiger partial charge in [0.2, 0.25) is 11.9 Å². The molecule has 0 atom stereocenters. The maximum atomic E-state index is 6.12. The largest absolute Gasteiger partial charge is 0.493 e. The fraction of sp³-hybridized carbons (Fsp3) is 0.105. The summed E-state index contributed by atoms with van der Waals surface area (Å²) >= 11 is 6.12. The fourth-order valence-electron chi connectivity index (χ4n) is 2.36. The molecule has 0 amide bonds. The van der Waals surface area contributed by atoms with E-state index < -0.39 is 0 Å². The summed E-state index contributed by atoms with van der Waals surface area (Å²) in [4.78, 5) is 12.8. The van der Waals surface area contributed by atoms with E-state index in [1.165, 1.54) is 0 Å². The average molecular weight is 368 g/mol. The van der Waals surface area contributed by atoms with E-state index in [4.69, 9.17) is 22.1 Å². The van der Waals surface area contributed by atoms with Crippen LogP contribution in [0, 0.1) is 0 Å². The van der Waals surface area contributed by atoms with Crippen LogP contribution in [-0.2, 0) is 0 Å². The first kappa shape index (κ1) is 17.7. The van der Waals surface area contributed by atoms with Gasteiger partial charge in [-0.15, -0.1) is 0 Å². The van der Waals surface area contributed by atoms with Gasteiger partial charge in [-0.25, -0.2) is 0 Å². The van der Waals surface area contributed by atoms with Crippen LogP contribution in [0.2, 0.25) is 5.02 Å². The van der Waals surface area contributed by atoms with E-state index >= 15 is 0 Å². The minimum atomic E-state index is 0.0997. The average Bonchev–Trinajstić information content (AvgIpc) is 2.63. The van der Waals surface area contributed by atoms with Gasteiger partial charge in [-0.3, -0.25) is 0 Å². The standard InChI is InChI=1S/C19H18ClN5O/c1-3-12-5-8-14(9-6-12)22-19-24-17(23-18(21)25-19)15-11-13(20)7-10-16(15)26-4-2/h3,5-11H,1,4H2,2H3,(H3,21,22,23,24,25). The van der Waals surface area contributed by atoms with Crippen molar-refractivity contribution in [3.63, 3.8) is 0 Å². The predicted octanol–water partition coefficient (Wildman–Crippen LogP) is 4.56. The van der Waals surface area contributed by atoms with Crippen LogP contribution in [0.25, 0.3) is 17.5 Å². The zero-order valence-corrected chi connectivity index (χ0v) is 15.0. The van der Waals surface area contributed by atoms with Crippen molar-refractivity contribution in [1.82, 2.24) is 15.0 Å². The number of halogens is 1. The number of nitrogen functional groups attached to an aromatic ring is 1. The molecule has 26 heavy (non-hydrogen) atoms. The van der Waals surface area contributed by atoms with E-state index in [0.717, 1.165) is 11.3 Å². The SMILES string of the molecule is C=Cc1ccc(Nc2nc(N)nc(-c3cc(Cl)ccc3OCC)n2)cc1. The molecule has 1 heterocycles. The van der Waals surface area contributed by atoms with Gasteiger partial charge in [-0.05, 0) is 42.8 Å². The molecule has 0 fully saturated rings. The Morgan fingerprint density at radius 3 is 2.62 bits per heavy atom. The number of aromatic nitrogens is 3. The number of rotatable bonds is 6. The van der Waals surface area contributed by atoms with Crippen molar-refractivity contribution in [1.29, 1.82) is 0 Å². The van der Waals surface area contributed by atoms with Crippen molar-refractivity contribution < 1.29 is 4.74 Å². The first-order valence-electron chi connectivity index (χ1n) is 8.03. The number of nitrogens with zero attached hydrogens (tertiary/aromatic N) is 3. The Hall–Kier alpha value is -3.12. The van der Waals surface area contributed by atoms with Crippen LogP contribution in [0.5, 0.6) is 5.75 Å². The van der Waals surface area contributed by atoms with Gasteiger partial charge in [0.25, 0.3) is 0 Å². The highest BCUT2D eigenvalue weighted by Crippen LogP contribution is 2.31. The molecule has 3 N–H and O–H groups in total. The lowest BCUT2D eigenvalue weighted by atomic mass is 10.2. The summed E-state index contributed by atoms with van der Waals surface area (Å²) in [7, 11) is 0. The zero-order valence-electron chi connectivity index (χ0n) is 14.2. The number of hydrogen-bond acceptors (Lipinski definition) is 6. The van der Waals surface area contributed by atoms with Gasteiger partial charge in [0, 0.05) is 10.7 Å². The van der Waals surface area contributed by atoms with E-state index in [1.807, 2.05) is 31.2 Å². The number of hydrogen-bond donors (Lipinski definition) is 2. The Labute approximate surface area is 156 Å². The molecule has 1 aromatic heterocycles. The van der Waals surface area contributed by atoms with Crippen LogP contribution in [0.4, 0.5) is 17.6 Å². The minimum Gasteiger partial charge on any atom is -0.493 e. The number of nitrogens with one attached hydrogen (secondary N) is 1. The molecular weight excluding hydrogens is 350 g/mol. The van der Waals surface area contributed by atoms with Crippen molar-refractivity contribution in [2.24, 2.45) is 0 Å². The molecule has 0 radical (unpaired) electrons. The van der Waals surface area contributed by atoms with Gasteiger partial charge >= 0.3 is 0 Å². The highest BCUT2D eigenvalue weighted by Gasteiger charge is 2.13. The topological polar surface area (TPSA) is 86.0 Å². The Morgan fingerprint density at radius 2 is 1.92 bits per heavy atom. The van der Waals surface area contributed by atoms with Crippen LogP contribution >= 0.6 is 11.6 Å². The number of benzene rings is 2. The van der Waals surface area contributed by atoms with Gasteiger partial charge in [0.05, 0.1) is 12.2 Å². The molecule has 0 saturated heterocycles. The van der Waals surface area contributed by atoms with Gasteiger partial charge in [-0.1, -0.05) is 36.4 Å². The Balaban J connectivity index is 1.97. The van der Waals surface area contributed by atoms with E-state index in [-0.39, 0.29) is 5.95 Å². The van der Waals surface area contributed by atoms with E-state index in [2.05, 4.69) is 26.8 Å². The molecule has 3 aromatic rings. The molecular formula is C19H18ClN5O. The van der Waals surface area contributed by atoms with E-state index in [9.17, 15) is 0 Å². The van der Waals surface area contributed by atoms with Crippen molar-refractivity contribution >= 4 is 35.3 Å². The highest BCUT2D eigenvalue weighted by atomic mass is 35.5. The van der Waals surface area contributed by atoms with Gasteiger partial charge < -0.3 is 15.8 Å². The van der Waals surface area contributed by atoms with Gasteiger partial charge in [0.15, 0.2) is 5.82 Å². The Bertz CT molecular complexity index is 928. The molecule has 3 rings (SSSR count). The van der Waals surface area contributed by atoms with Crippen molar-refractivity contribution in [3.8, 4) is 17.1 Å². The molecule has 0 bridgehead atoms. The second-order valence-electron chi connectivity index (χ2n) is 5.37. The molecule has 0 aliphatic heterocycles. The van der Waals surface area contributed by atoms with Crippen molar-refractivity contribution in [2.75, 3.05) is 17.7 Å². The Morgan fingerprint density at radius 1 is 1.15 bits per heavy atom. The monoisotopic (exact) mass is 367 g/mol. The molecule has 0 spiro atoms. The molecule has 0 saturated carbocycles. The molecule has 132 valence electrons. The van der Waals surface area contributed by atoms with Crippen LogP contribution in [-0.4, -0.2) is 21.6 Å². The van der Waals surface area contributed by atoms with E-state index in [0.29, 0.717) is 34.7 Å². The lowest BCUT2D eigenvalue weighted by Crippen LogP contribution is -2.06. The smallest absolute Gasteiger partial charge is 0.232 e. The Kier molecular flexibility index (Phi) is 5.34. The molecule has 0 aliphatic rings. The number of nitrogens with two attached hydrogens (primary N) is 1. The second kappa shape index (κ2) is 7.84. The van der Waals surface area contributed by atoms with Crippen molar-refractivity contribution in [3.05, 3.63) is 59.6 Å². The predicted molar refractivity (Wildman–Crippen MR) is 106 cm³/mol. The molecule has 7 heteroatoms. The third-order valence-corrected chi connectivity index (χ3v) is 3.77. The minimum absolute atomic E-state index is 0.0997. The molecule has 6 nitrogen and oxygen atoms in total. The second-order valence-corrected chi connectivity index (χ2v) is 5.80. The number of ether oxygens (including phenoxy) is 1. The lowest BCUT2D eigenvalue weighted by molar-refractivity contribution is 0.341. The normalized spacial score (nSPS) is 10.4. The summed E-state index contributed by atoms with van der Waals surface area (Å²) in [6.07, 6.45) is 1.78. The summed E-state index contributed by atoms with van der Waals surface area (Å²) in [6.45, 7) is 6.15. The fourth-order valence-corrected chi connectivity index (χ4v) is 2.53. The van der Waals surface area contributed by atoms with Crippen LogP contribution in [0.1, 0.15) is 12.5 Å². The third kappa shape index (κ3) is 4.10. The van der Waals surface area contributed by atoms with Crippen molar-refractivity contribution in [2.45, 2.75) is 6.92 Å². The third-order valence-electron chi connectivity index (χ3n) is 3.54. The molecule has 2 aromatic carbocycles. The van der Waals surface area contributed by atoms with Crippen LogP contribution < -0.4 is 15.8 Å². The van der Waals surface area contributed by atoms with E-state index in [1.54, 1.807) is 24.3 Å². The summed E-state index contributed by atoms with van der Waals surface area (Å²) < 4.78 is 5.64. The quantitative estimate of drug-likeness (QED) is 0.664. The summed E-state index contributed by atoms with van der Waals surface area (Å²) in [5.74, 6) is 1.45. The maximum Gasteiger partial charge on any atom is 0.232 e. The van der Waals surface area contributed by atoms with Gasteiger partial charge in [0.1, 0.15) is 5.75 Å². The molecule has 0 aliphatic carbocycles. The summed E-state index contributed by atoms with van der Waals surface area (Å²) in [5.41, 5.74) is 8.36. The zero-order chi connectivity index (χ0) is 18.5. The summed E-state index contributed by atoms with van der Waals surface area (Å²) in [6, 6.07) is 13.0. The lowest BCUT2D eigenvalue weighted by Gasteiger charge is -2.11. The van der Waals surface area contributed by atoms with Crippen LogP contribution in [0.3, 0.4) is 0 Å². The number of anilines is 3. The molecule has 0 unspecified atom stereocenters. The summed E-state index contributed by atoms with van der Waals surface area (Å²) in [5, 5.41) is 3.67. The first-order valence-corrected chi connectivity index (χ1v) is 8.40. The van der Waals surface area contributed by atoms with Crippen LogP contribution in [0.15, 0.2) is 49.0 Å².